The van der Waals surface area contributed by atoms with Gasteiger partial charge in [-0.05, 0) is 11.1 Å². The summed E-state index contributed by atoms with van der Waals surface area (Å²) in [5.41, 5.74) is 5.56. The minimum atomic E-state index is 0.612. The molecule has 0 saturated carbocycles. The van der Waals surface area contributed by atoms with Gasteiger partial charge in [0.05, 0.1) is 12.1 Å². The van der Waals surface area contributed by atoms with Crippen molar-refractivity contribution in [3.63, 3.8) is 0 Å². The second kappa shape index (κ2) is 8.97. The summed E-state index contributed by atoms with van der Waals surface area (Å²) in [5, 5.41) is 10.2. The molecule has 0 fully saturated rings. The molecule has 0 spiro atoms. The van der Waals surface area contributed by atoms with Crippen LogP contribution in [-0.2, 0) is 13.1 Å². The lowest BCUT2D eigenvalue weighted by molar-refractivity contribution is 0.254. The SMILES string of the molecule is N#C/C=C\C#[N+]N(Cc1ccccc1)NCc1ccccc1. The molecule has 0 aliphatic heterocycles. The van der Waals surface area contributed by atoms with Crippen LogP contribution < -0.4 is 5.43 Å². The van der Waals surface area contributed by atoms with Gasteiger partial charge in [0.2, 0.25) is 0 Å². The molecule has 1 N–H and O–H groups in total. The van der Waals surface area contributed by atoms with Gasteiger partial charge in [-0.1, -0.05) is 60.7 Å². The van der Waals surface area contributed by atoms with E-state index in [9.17, 15) is 0 Å². The fraction of sp³-hybridized carbons (Fsp3) is 0.111. The number of hydrazine groups is 1. The summed E-state index contributed by atoms with van der Waals surface area (Å²) in [4.78, 5) is 4.21. The lowest BCUT2D eigenvalue weighted by atomic mass is 10.2. The number of allylic oxidation sites excluding steroid dienone is 2. The lowest BCUT2D eigenvalue weighted by Gasteiger charge is -2.08. The Morgan fingerprint density at radius 1 is 0.955 bits per heavy atom. The Hall–Kier alpha value is -3.08. The topological polar surface area (TPSA) is 43.4 Å². The monoisotopic (exact) mass is 289 g/mol. The summed E-state index contributed by atoms with van der Waals surface area (Å²) in [7, 11) is 0. The number of rotatable bonds is 5. The van der Waals surface area contributed by atoms with Crippen LogP contribution in [0.25, 0.3) is 4.95 Å². The molecule has 0 aromatic heterocycles. The molecule has 0 unspecified atom stereocenters. The van der Waals surface area contributed by atoms with Crippen LogP contribution in [0.4, 0.5) is 0 Å². The Labute approximate surface area is 130 Å². The summed E-state index contributed by atoms with van der Waals surface area (Å²) < 4.78 is 0. The number of hydrogen-bond acceptors (Lipinski definition) is 3. The van der Waals surface area contributed by atoms with Gasteiger partial charge in [-0.25, -0.2) is 0 Å². The third kappa shape index (κ3) is 5.50. The van der Waals surface area contributed by atoms with E-state index in [4.69, 9.17) is 5.26 Å². The second-order valence-corrected chi connectivity index (χ2v) is 4.56. The Morgan fingerprint density at radius 3 is 2.23 bits per heavy atom. The molecule has 4 heteroatoms. The summed E-state index contributed by atoms with van der Waals surface area (Å²) in [6.07, 6.45) is 2.82. The Kier molecular flexibility index (Phi) is 6.24. The molecule has 0 bridgehead atoms. The molecule has 2 rings (SSSR count). The van der Waals surface area contributed by atoms with Crippen LogP contribution in [0, 0.1) is 17.4 Å². The van der Waals surface area contributed by atoms with Gasteiger partial charge in [0, 0.05) is 17.7 Å². The van der Waals surface area contributed by atoms with Crippen LogP contribution in [-0.4, -0.2) is 5.12 Å². The zero-order chi connectivity index (χ0) is 15.5. The molecule has 0 amide bonds. The van der Waals surface area contributed by atoms with Gasteiger partial charge in [-0.15, -0.1) is 0 Å². The molecule has 0 heterocycles. The quantitative estimate of drug-likeness (QED) is 0.676. The molecular weight excluding hydrogens is 272 g/mol. The van der Waals surface area contributed by atoms with Crippen molar-refractivity contribution < 1.29 is 0 Å². The van der Waals surface area contributed by atoms with Crippen molar-refractivity contribution in [3.05, 3.63) is 88.9 Å². The van der Waals surface area contributed by atoms with Gasteiger partial charge in [0.1, 0.15) is 11.5 Å². The van der Waals surface area contributed by atoms with E-state index in [1.165, 1.54) is 17.7 Å². The number of benzene rings is 2. The first-order chi connectivity index (χ1) is 10.9. The molecule has 0 saturated heterocycles. The van der Waals surface area contributed by atoms with Gasteiger partial charge in [-0.2, -0.15) is 10.7 Å². The molecule has 0 aliphatic rings. The van der Waals surface area contributed by atoms with Crippen molar-refractivity contribution in [1.82, 2.24) is 10.5 Å². The highest BCUT2D eigenvalue weighted by Crippen LogP contribution is 2.04. The summed E-state index contributed by atoms with van der Waals surface area (Å²) in [6.45, 7) is 1.28. The Balaban J connectivity index is 2.02. The molecule has 108 valence electrons. The first kappa shape index (κ1) is 15.3. The van der Waals surface area contributed by atoms with E-state index in [0.29, 0.717) is 13.1 Å². The van der Waals surface area contributed by atoms with E-state index in [1.54, 1.807) is 5.12 Å². The van der Waals surface area contributed by atoms with Crippen LogP contribution in [0.2, 0.25) is 0 Å². The number of nitrogens with one attached hydrogen (secondary N) is 1. The predicted octanol–water partition coefficient (Wildman–Crippen LogP) is 3.52. The first-order valence-corrected chi connectivity index (χ1v) is 6.98. The van der Waals surface area contributed by atoms with E-state index < -0.39 is 0 Å². The van der Waals surface area contributed by atoms with Crippen molar-refractivity contribution in [2.75, 3.05) is 0 Å². The maximum Gasteiger partial charge on any atom is 0.352 e. The molecule has 0 aliphatic carbocycles. The number of hydrogen-bond donors (Lipinski definition) is 1. The van der Waals surface area contributed by atoms with E-state index in [0.717, 1.165) is 5.56 Å². The van der Waals surface area contributed by atoms with Crippen molar-refractivity contribution in [1.29, 1.82) is 5.26 Å². The minimum absolute atomic E-state index is 0.612. The van der Waals surface area contributed by atoms with Gasteiger partial charge in [0.25, 0.3) is 0 Å². The zero-order valence-electron chi connectivity index (χ0n) is 12.2. The standard InChI is InChI=1S/C18H17N4/c19-13-7-8-14-20-22(16-18-11-5-2-6-12-18)21-15-17-9-3-1-4-10-17/h1-12,21H,15-16H2/q+1/b8-7-. The van der Waals surface area contributed by atoms with Gasteiger partial charge in [0.15, 0.2) is 0 Å². The molecule has 2 aromatic carbocycles. The maximum absolute atomic E-state index is 8.47. The zero-order valence-corrected chi connectivity index (χ0v) is 12.2. The molecule has 2 aromatic rings. The van der Waals surface area contributed by atoms with E-state index >= 15 is 0 Å². The molecule has 4 nitrogen and oxygen atoms in total. The fourth-order valence-corrected chi connectivity index (χ4v) is 1.84. The Bertz CT molecular complexity index is 691. The Morgan fingerprint density at radius 2 is 1.59 bits per heavy atom. The van der Waals surface area contributed by atoms with Crippen molar-refractivity contribution in [2.24, 2.45) is 0 Å². The van der Waals surface area contributed by atoms with Crippen LogP contribution in [0.1, 0.15) is 11.1 Å². The van der Waals surface area contributed by atoms with Crippen molar-refractivity contribution >= 4 is 0 Å². The highest BCUT2D eigenvalue weighted by atomic mass is 15.7. The summed E-state index contributed by atoms with van der Waals surface area (Å²) >= 11 is 0. The normalized spacial score (nSPS) is 9.77. The largest absolute Gasteiger partial charge is 0.352 e. The van der Waals surface area contributed by atoms with E-state index in [2.05, 4.69) is 28.6 Å². The molecule has 0 radical (unpaired) electrons. The average molecular weight is 289 g/mol. The van der Waals surface area contributed by atoms with Crippen LogP contribution in [0.5, 0.6) is 0 Å². The second-order valence-electron chi connectivity index (χ2n) is 4.56. The van der Waals surface area contributed by atoms with Crippen LogP contribution in [0.15, 0.2) is 72.8 Å². The highest BCUT2D eigenvalue weighted by Gasteiger charge is 2.10. The van der Waals surface area contributed by atoms with Crippen LogP contribution in [0.3, 0.4) is 0 Å². The van der Waals surface area contributed by atoms with Crippen LogP contribution >= 0.6 is 0 Å². The predicted molar refractivity (Wildman–Crippen MR) is 87.3 cm³/mol. The van der Waals surface area contributed by atoms with E-state index in [1.807, 2.05) is 54.6 Å². The van der Waals surface area contributed by atoms with Gasteiger partial charge in [-0.3, -0.25) is 0 Å². The maximum atomic E-state index is 8.47. The van der Waals surface area contributed by atoms with Crippen molar-refractivity contribution in [3.8, 4) is 12.1 Å². The third-order valence-electron chi connectivity index (χ3n) is 2.89. The average Bonchev–Trinajstić information content (AvgIpc) is 2.58. The molecule has 0 atom stereocenters. The van der Waals surface area contributed by atoms with Gasteiger partial charge >= 0.3 is 6.07 Å². The minimum Gasteiger partial charge on any atom is -0.193 e. The molecule has 22 heavy (non-hydrogen) atoms. The molecular formula is C18H17N4+. The fourth-order valence-electron chi connectivity index (χ4n) is 1.84. The highest BCUT2D eigenvalue weighted by molar-refractivity contribution is 5.18. The number of nitrogens with zero attached hydrogens (tertiary/aromatic N) is 3. The third-order valence-corrected chi connectivity index (χ3v) is 2.89. The summed E-state index contributed by atoms with van der Waals surface area (Å²) in [5.74, 6) is 0. The smallest absolute Gasteiger partial charge is 0.193 e. The lowest BCUT2D eigenvalue weighted by Crippen LogP contribution is -2.31. The summed E-state index contributed by atoms with van der Waals surface area (Å²) in [6, 6.07) is 24.8. The van der Waals surface area contributed by atoms with Crippen molar-refractivity contribution in [2.45, 2.75) is 13.1 Å². The van der Waals surface area contributed by atoms with E-state index in [-0.39, 0.29) is 0 Å². The first-order valence-electron chi connectivity index (χ1n) is 6.98. The van der Waals surface area contributed by atoms with Gasteiger partial charge < -0.3 is 0 Å². The number of nitriles is 1.